The van der Waals surface area contributed by atoms with E-state index in [2.05, 4.69) is 27.7 Å². The van der Waals surface area contributed by atoms with Crippen LogP contribution in [0, 0.1) is 16.7 Å². The normalized spacial score (nSPS) is 57.6. The molecule has 1 spiro atoms. The first-order chi connectivity index (χ1) is 7.32. The Labute approximate surface area is 107 Å². The number of fused-ring (bicyclic) bond motifs is 1. The summed E-state index contributed by atoms with van der Waals surface area (Å²) in [4.78, 5) is 0. The van der Waals surface area contributed by atoms with Gasteiger partial charge in [-0.05, 0) is 0 Å². The van der Waals surface area contributed by atoms with Gasteiger partial charge in [-0.1, -0.05) is 0 Å². The van der Waals surface area contributed by atoms with Gasteiger partial charge in [-0.3, -0.25) is 0 Å². The van der Waals surface area contributed by atoms with Crippen molar-refractivity contribution in [3.63, 3.8) is 0 Å². The van der Waals surface area contributed by atoms with Gasteiger partial charge < -0.3 is 0 Å². The van der Waals surface area contributed by atoms with Crippen molar-refractivity contribution in [2.24, 2.45) is 16.7 Å². The summed E-state index contributed by atoms with van der Waals surface area (Å²) in [6, 6.07) is 0. The average Bonchev–Trinajstić information content (AvgIpc) is 2.68. The predicted octanol–water partition coefficient (Wildman–Crippen LogP) is 4.30. The van der Waals surface area contributed by atoms with Gasteiger partial charge in [0.05, 0.1) is 0 Å². The minimum atomic E-state index is -2.51. The Bertz CT molecular complexity index is 330. The van der Waals surface area contributed by atoms with Gasteiger partial charge in [0.25, 0.3) is 0 Å². The number of rotatable bonds is 1. The number of hydrogen-bond donors (Lipinski definition) is 0. The zero-order valence-electron chi connectivity index (χ0n) is 10.8. The molecule has 94 valence electrons. The van der Waals surface area contributed by atoms with Gasteiger partial charge in [-0.25, -0.2) is 0 Å². The molecule has 4 atom stereocenters. The van der Waals surface area contributed by atoms with E-state index in [0.717, 1.165) is 5.92 Å². The van der Waals surface area contributed by atoms with Gasteiger partial charge in [0.1, 0.15) is 0 Å². The van der Waals surface area contributed by atoms with E-state index < -0.39 is 17.5 Å². The average molecular weight is 358 g/mol. The molecule has 0 aromatic heterocycles. The van der Waals surface area contributed by atoms with E-state index in [0.29, 0.717) is 20.9 Å². The fourth-order valence-electron chi connectivity index (χ4n) is 4.33. The molecule has 1 aliphatic heterocycles. The van der Waals surface area contributed by atoms with Crippen LogP contribution in [-0.4, -0.2) is 23.6 Å². The monoisotopic (exact) mass is 360 g/mol. The maximum atomic E-state index is 6.89. The van der Waals surface area contributed by atoms with Crippen LogP contribution in [-0.2, 0) is 3.10 Å². The van der Waals surface area contributed by atoms with Crippen LogP contribution >= 0.6 is 8.96 Å². The van der Waals surface area contributed by atoms with Crippen molar-refractivity contribution in [3.05, 3.63) is 0 Å². The van der Waals surface area contributed by atoms with Crippen LogP contribution in [0.5, 0.6) is 0 Å². The van der Waals surface area contributed by atoms with Gasteiger partial charge in [0.2, 0.25) is 0 Å². The molecule has 0 N–H and O–H groups in total. The molecule has 0 aromatic carbocycles. The van der Waals surface area contributed by atoms with E-state index in [9.17, 15) is 0 Å². The maximum absolute atomic E-state index is 6.89. The van der Waals surface area contributed by atoms with E-state index in [1.54, 1.807) is 0 Å². The molecule has 2 aliphatic carbocycles. The Hall–Kier alpha value is 1.04. The summed E-state index contributed by atoms with van der Waals surface area (Å²) in [5.41, 5.74) is 0.944. The molecular formula is C13H23ClOTe. The molecule has 0 aromatic rings. The number of halogens is 1. The second kappa shape index (κ2) is 3.32. The van der Waals surface area contributed by atoms with Crippen LogP contribution in [0.15, 0.2) is 0 Å². The Morgan fingerprint density at radius 1 is 1.38 bits per heavy atom. The van der Waals surface area contributed by atoms with Crippen LogP contribution in [0.3, 0.4) is 0 Å². The Balaban J connectivity index is 1.98. The summed E-state index contributed by atoms with van der Waals surface area (Å²) in [6.07, 6.45) is 4.60. The van der Waals surface area contributed by atoms with Crippen molar-refractivity contribution in [3.8, 4) is 0 Å². The zero-order chi connectivity index (χ0) is 11.8. The number of hydrogen-bond acceptors (Lipinski definition) is 1. The second-order valence-corrected chi connectivity index (χ2v) is 18.0. The van der Waals surface area contributed by atoms with Crippen LogP contribution < -0.4 is 0 Å². The fourth-order valence-corrected chi connectivity index (χ4v) is 13.9. The topological polar surface area (TPSA) is 9.23 Å². The van der Waals surface area contributed by atoms with Crippen molar-refractivity contribution in [2.75, 3.05) is 0 Å². The first kappa shape index (κ1) is 12.1. The molecule has 2 bridgehead atoms. The molecule has 3 aliphatic rings. The Morgan fingerprint density at radius 2 is 2.06 bits per heavy atom. The first-order valence-corrected chi connectivity index (χ1v) is 13.4. The summed E-state index contributed by atoms with van der Waals surface area (Å²) in [7, 11) is 6.89. The third-order valence-electron chi connectivity index (χ3n) is 5.79. The molecule has 2 saturated carbocycles. The zero-order valence-corrected chi connectivity index (χ0v) is 13.8. The summed E-state index contributed by atoms with van der Waals surface area (Å²) >= 11 is -2.51. The van der Waals surface area contributed by atoms with Gasteiger partial charge in [0.15, 0.2) is 0 Å². The van der Waals surface area contributed by atoms with Gasteiger partial charge >= 0.3 is 108 Å². The summed E-state index contributed by atoms with van der Waals surface area (Å²) in [6.45, 7) is 9.48. The molecular weight excluding hydrogens is 335 g/mol. The summed E-state index contributed by atoms with van der Waals surface area (Å²) in [5, 5.41) is 0. The molecule has 4 unspecified atom stereocenters. The van der Waals surface area contributed by atoms with Gasteiger partial charge in [-0.2, -0.15) is 0 Å². The molecule has 3 heteroatoms. The summed E-state index contributed by atoms with van der Waals surface area (Å²) in [5.74, 6) is 0.897. The van der Waals surface area contributed by atoms with E-state index in [1.165, 1.54) is 23.7 Å². The van der Waals surface area contributed by atoms with E-state index in [4.69, 9.17) is 12.1 Å². The molecule has 3 rings (SSSR count). The Morgan fingerprint density at radius 3 is 2.56 bits per heavy atom. The van der Waals surface area contributed by atoms with Gasteiger partial charge in [-0.15, -0.1) is 0 Å². The van der Waals surface area contributed by atoms with E-state index in [-0.39, 0.29) is 0 Å². The van der Waals surface area contributed by atoms with Crippen molar-refractivity contribution >= 4 is 26.4 Å². The van der Waals surface area contributed by atoms with Crippen LogP contribution in [0.1, 0.15) is 47.0 Å². The second-order valence-electron chi connectivity index (χ2n) is 6.77. The molecule has 1 saturated heterocycles. The SMILES string of the molecule is CC(C)[Te]1(Cl)CC23CCC(CC2O1)C3(C)C. The molecule has 0 amide bonds. The Kier molecular flexibility index (Phi) is 2.51. The molecule has 1 heterocycles. The fraction of sp³-hybridized carbons (Fsp3) is 1.00. The third kappa shape index (κ3) is 1.23. The van der Waals surface area contributed by atoms with Crippen LogP contribution in [0.25, 0.3) is 0 Å². The van der Waals surface area contributed by atoms with Crippen molar-refractivity contribution in [1.29, 1.82) is 0 Å². The first-order valence-electron chi connectivity index (χ1n) is 6.49. The van der Waals surface area contributed by atoms with Crippen molar-refractivity contribution < 1.29 is 3.10 Å². The van der Waals surface area contributed by atoms with E-state index in [1.807, 2.05) is 0 Å². The molecule has 0 radical (unpaired) electrons. The molecule has 3 fully saturated rings. The molecule has 16 heavy (non-hydrogen) atoms. The van der Waals surface area contributed by atoms with Crippen molar-refractivity contribution in [1.82, 2.24) is 0 Å². The van der Waals surface area contributed by atoms with Gasteiger partial charge in [0, 0.05) is 0 Å². The van der Waals surface area contributed by atoms with E-state index >= 15 is 0 Å². The summed E-state index contributed by atoms with van der Waals surface area (Å²) < 4.78 is 8.30. The van der Waals surface area contributed by atoms with Crippen LogP contribution in [0.4, 0.5) is 0 Å². The predicted molar refractivity (Wildman–Crippen MR) is 69.9 cm³/mol. The minimum absolute atomic E-state index is 0.463. The van der Waals surface area contributed by atoms with Crippen molar-refractivity contribution in [2.45, 2.75) is 61.5 Å². The standard InChI is InChI=1S/C13H23ClOTe/c1-9(2)16(14)8-13-6-5-10(12(13,3)4)7-11(13)15-16/h9-11H,5-8H2,1-4H3. The third-order valence-corrected chi connectivity index (χ3v) is 17.6. The quantitative estimate of drug-likeness (QED) is 0.635. The van der Waals surface area contributed by atoms with Crippen LogP contribution in [0.2, 0.25) is 8.43 Å². The molecule has 1 nitrogen and oxygen atoms in total.